The summed E-state index contributed by atoms with van der Waals surface area (Å²) in [6.45, 7) is 2.05. The largest absolute Gasteiger partial charge is 0.490 e. The summed E-state index contributed by atoms with van der Waals surface area (Å²) >= 11 is 0. The van der Waals surface area contributed by atoms with Gasteiger partial charge in [-0.3, -0.25) is 9.88 Å². The number of aromatic nitrogens is 1. The highest BCUT2D eigenvalue weighted by Crippen LogP contribution is 2.42. The van der Waals surface area contributed by atoms with E-state index >= 15 is 0 Å². The average molecular weight is 232 g/mol. The van der Waals surface area contributed by atoms with E-state index in [1.54, 1.807) is 12.4 Å². The molecular weight excluding hydrogens is 212 g/mol. The molecule has 0 atom stereocenters. The molecule has 1 aromatic heterocycles. The molecule has 4 rings (SSSR count). The monoisotopic (exact) mass is 232 g/mol. The van der Waals surface area contributed by atoms with Crippen molar-refractivity contribution in [1.82, 2.24) is 9.88 Å². The highest BCUT2D eigenvalue weighted by Gasteiger charge is 2.44. The summed E-state index contributed by atoms with van der Waals surface area (Å²) in [4.78, 5) is 6.60. The minimum absolute atomic E-state index is 0.282. The second-order valence-electron chi connectivity index (χ2n) is 5.53. The lowest BCUT2D eigenvalue weighted by Gasteiger charge is -2.52. The number of pyridine rings is 1. The summed E-state index contributed by atoms with van der Waals surface area (Å²) in [5, 5.41) is 0. The molecule has 0 spiro atoms. The van der Waals surface area contributed by atoms with Gasteiger partial charge in [0.1, 0.15) is 12.4 Å². The molecule has 2 bridgehead atoms. The van der Waals surface area contributed by atoms with Gasteiger partial charge >= 0.3 is 0 Å². The molecule has 1 aliphatic carbocycles. The van der Waals surface area contributed by atoms with E-state index in [4.69, 9.17) is 4.74 Å². The number of likely N-dealkylation sites (N-methyl/N-ethyl adjacent to an activating group) is 1. The summed E-state index contributed by atoms with van der Waals surface area (Å²) in [7, 11) is 2.25. The maximum Gasteiger partial charge on any atom is 0.137 e. The smallest absolute Gasteiger partial charge is 0.137 e. The third-order valence-electron chi connectivity index (χ3n) is 4.52. The molecule has 2 saturated heterocycles. The SMILES string of the molecule is CN1CC2CCC1(COc1cccnc1)CC2. The van der Waals surface area contributed by atoms with Crippen molar-refractivity contribution >= 4 is 0 Å². The second-order valence-corrected chi connectivity index (χ2v) is 5.53. The maximum absolute atomic E-state index is 5.93. The zero-order chi connectivity index (χ0) is 11.7. The van der Waals surface area contributed by atoms with Crippen molar-refractivity contribution in [3.05, 3.63) is 24.5 Å². The van der Waals surface area contributed by atoms with Crippen LogP contribution in [0.5, 0.6) is 5.75 Å². The number of piperidine rings is 2. The first kappa shape index (κ1) is 11.0. The van der Waals surface area contributed by atoms with Gasteiger partial charge in [-0.2, -0.15) is 0 Å². The van der Waals surface area contributed by atoms with Crippen LogP contribution in [0.1, 0.15) is 25.7 Å². The normalized spacial score (nSPS) is 32.6. The Kier molecular flexibility index (Phi) is 2.79. The van der Waals surface area contributed by atoms with Gasteiger partial charge in [-0.1, -0.05) is 0 Å². The quantitative estimate of drug-likeness (QED) is 0.800. The van der Waals surface area contributed by atoms with E-state index in [1.807, 2.05) is 12.1 Å². The van der Waals surface area contributed by atoms with Crippen molar-refractivity contribution in [2.45, 2.75) is 31.2 Å². The molecule has 3 heteroatoms. The molecule has 3 heterocycles. The molecule has 3 nitrogen and oxygen atoms in total. The topological polar surface area (TPSA) is 25.4 Å². The van der Waals surface area contributed by atoms with Crippen LogP contribution in [-0.2, 0) is 0 Å². The van der Waals surface area contributed by atoms with Crippen LogP contribution in [0.3, 0.4) is 0 Å². The fraction of sp³-hybridized carbons (Fsp3) is 0.643. The Bertz CT molecular complexity index is 371. The van der Waals surface area contributed by atoms with E-state index in [1.165, 1.54) is 32.2 Å². The molecule has 92 valence electrons. The van der Waals surface area contributed by atoms with Crippen molar-refractivity contribution in [2.24, 2.45) is 5.92 Å². The fourth-order valence-electron chi connectivity index (χ4n) is 3.26. The third-order valence-corrected chi connectivity index (χ3v) is 4.52. The molecule has 17 heavy (non-hydrogen) atoms. The molecule has 3 aliphatic rings. The zero-order valence-corrected chi connectivity index (χ0v) is 10.4. The van der Waals surface area contributed by atoms with E-state index < -0.39 is 0 Å². The van der Waals surface area contributed by atoms with Crippen molar-refractivity contribution < 1.29 is 4.74 Å². The van der Waals surface area contributed by atoms with Gasteiger partial charge in [-0.25, -0.2) is 0 Å². The Labute approximate surface area is 103 Å². The van der Waals surface area contributed by atoms with Crippen molar-refractivity contribution in [1.29, 1.82) is 0 Å². The number of hydrogen-bond donors (Lipinski definition) is 0. The second kappa shape index (κ2) is 4.30. The number of ether oxygens (including phenoxy) is 1. The Morgan fingerprint density at radius 3 is 2.94 bits per heavy atom. The lowest BCUT2D eigenvalue weighted by molar-refractivity contribution is -0.0433. The number of nitrogens with zero attached hydrogens (tertiary/aromatic N) is 2. The molecule has 0 amide bonds. The number of rotatable bonds is 3. The Hall–Kier alpha value is -1.09. The van der Waals surface area contributed by atoms with Crippen LogP contribution in [0.2, 0.25) is 0 Å². The first-order valence-corrected chi connectivity index (χ1v) is 6.53. The summed E-state index contributed by atoms with van der Waals surface area (Å²) < 4.78 is 5.93. The van der Waals surface area contributed by atoms with Crippen LogP contribution < -0.4 is 4.74 Å². The van der Waals surface area contributed by atoms with Gasteiger partial charge in [0.05, 0.1) is 11.7 Å². The summed E-state index contributed by atoms with van der Waals surface area (Å²) in [6, 6.07) is 3.91. The molecule has 0 radical (unpaired) electrons. The molecular formula is C14H20N2O. The Morgan fingerprint density at radius 1 is 1.47 bits per heavy atom. The minimum Gasteiger partial charge on any atom is -0.490 e. The first-order chi connectivity index (χ1) is 8.28. The maximum atomic E-state index is 5.93. The van der Waals surface area contributed by atoms with Crippen LogP contribution >= 0.6 is 0 Å². The van der Waals surface area contributed by atoms with E-state index in [0.29, 0.717) is 0 Å². The number of hydrogen-bond acceptors (Lipinski definition) is 3. The highest BCUT2D eigenvalue weighted by atomic mass is 16.5. The molecule has 1 aromatic rings. The van der Waals surface area contributed by atoms with E-state index in [9.17, 15) is 0 Å². The van der Waals surface area contributed by atoms with Gasteiger partial charge in [-0.15, -0.1) is 0 Å². The number of fused-ring (bicyclic) bond motifs is 3. The van der Waals surface area contributed by atoms with Gasteiger partial charge in [0.15, 0.2) is 0 Å². The molecule has 1 saturated carbocycles. The van der Waals surface area contributed by atoms with Crippen LogP contribution in [0.4, 0.5) is 0 Å². The summed E-state index contributed by atoms with van der Waals surface area (Å²) in [5.74, 6) is 1.82. The Balaban J connectivity index is 1.67. The lowest BCUT2D eigenvalue weighted by Crippen LogP contribution is -2.59. The molecule has 0 aromatic carbocycles. The predicted molar refractivity (Wildman–Crippen MR) is 67.1 cm³/mol. The molecule has 0 unspecified atom stereocenters. The molecule has 3 fully saturated rings. The predicted octanol–water partition coefficient (Wildman–Crippen LogP) is 2.33. The summed E-state index contributed by atoms with van der Waals surface area (Å²) in [6.07, 6.45) is 8.90. The van der Waals surface area contributed by atoms with Crippen LogP contribution in [-0.4, -0.2) is 35.6 Å². The van der Waals surface area contributed by atoms with Crippen molar-refractivity contribution in [2.75, 3.05) is 20.2 Å². The van der Waals surface area contributed by atoms with Gasteiger partial charge in [0, 0.05) is 12.7 Å². The standard InChI is InChI=1S/C14H20N2O/c1-16-10-12-4-6-14(16,7-5-12)11-17-13-3-2-8-15-9-13/h2-3,8-9,12H,4-7,10-11H2,1H3. The van der Waals surface area contributed by atoms with Gasteiger partial charge in [0.2, 0.25) is 0 Å². The molecule has 2 aliphatic heterocycles. The highest BCUT2D eigenvalue weighted by molar-refractivity contribution is 5.16. The van der Waals surface area contributed by atoms with E-state index in [-0.39, 0.29) is 5.54 Å². The van der Waals surface area contributed by atoms with Crippen LogP contribution in [0, 0.1) is 5.92 Å². The van der Waals surface area contributed by atoms with Gasteiger partial charge < -0.3 is 4.74 Å². The fourth-order valence-corrected chi connectivity index (χ4v) is 3.26. The third kappa shape index (κ3) is 2.04. The van der Waals surface area contributed by atoms with Crippen LogP contribution in [0.25, 0.3) is 0 Å². The molecule has 0 N–H and O–H groups in total. The van der Waals surface area contributed by atoms with E-state index in [0.717, 1.165) is 18.3 Å². The lowest BCUT2D eigenvalue weighted by atomic mass is 9.71. The average Bonchev–Trinajstić information content (AvgIpc) is 2.39. The minimum atomic E-state index is 0.282. The Morgan fingerprint density at radius 2 is 2.29 bits per heavy atom. The summed E-state index contributed by atoms with van der Waals surface area (Å²) in [5.41, 5.74) is 0.282. The van der Waals surface area contributed by atoms with Gasteiger partial charge in [-0.05, 0) is 50.8 Å². The van der Waals surface area contributed by atoms with E-state index in [2.05, 4.69) is 16.9 Å². The zero-order valence-electron chi connectivity index (χ0n) is 10.4. The van der Waals surface area contributed by atoms with Crippen molar-refractivity contribution in [3.63, 3.8) is 0 Å². The first-order valence-electron chi connectivity index (χ1n) is 6.53. The van der Waals surface area contributed by atoms with Crippen molar-refractivity contribution in [3.8, 4) is 5.75 Å². The van der Waals surface area contributed by atoms with Crippen LogP contribution in [0.15, 0.2) is 24.5 Å². The van der Waals surface area contributed by atoms with Gasteiger partial charge in [0.25, 0.3) is 0 Å².